The van der Waals surface area contributed by atoms with Crippen molar-refractivity contribution in [1.29, 1.82) is 0 Å². The van der Waals surface area contributed by atoms with Crippen molar-refractivity contribution in [3.63, 3.8) is 0 Å². The highest BCUT2D eigenvalue weighted by atomic mass is 16.4. The van der Waals surface area contributed by atoms with E-state index in [9.17, 15) is 4.79 Å². The highest BCUT2D eigenvalue weighted by Crippen LogP contribution is 1.91. The van der Waals surface area contributed by atoms with Gasteiger partial charge in [0, 0.05) is 0 Å². The molecule has 0 atom stereocenters. The maximum absolute atomic E-state index is 10.2. The molecule has 0 radical (unpaired) electrons. The number of aromatic carboxylic acids is 1. The van der Waals surface area contributed by atoms with E-state index in [1.165, 1.54) is 12.4 Å². The minimum atomic E-state index is -1.02. The van der Waals surface area contributed by atoms with E-state index in [1.54, 1.807) is 0 Å². The van der Waals surface area contributed by atoms with Crippen LogP contribution in [0.5, 0.6) is 0 Å². The van der Waals surface area contributed by atoms with Gasteiger partial charge in [-0.25, -0.2) is 9.78 Å². The van der Waals surface area contributed by atoms with Crippen molar-refractivity contribution in [2.75, 3.05) is 5.73 Å². The highest BCUT2D eigenvalue weighted by molar-refractivity contribution is 5.86. The number of carboxylic acid groups (broad SMARTS) is 1. The molecule has 0 unspecified atom stereocenters. The lowest BCUT2D eigenvalue weighted by Crippen LogP contribution is -2.14. The standard InChI is InChI=1S/C5H5N3O2/c6-5-7-1-3(2-8-5)4(9)10/h1-2H,(H,9,10)(H2,6,7,8)/p+1. The van der Waals surface area contributed by atoms with Crippen molar-refractivity contribution in [2.45, 2.75) is 0 Å². The smallest absolute Gasteiger partial charge is 0.386 e. The lowest BCUT2D eigenvalue weighted by atomic mass is 10.4. The average Bonchev–Trinajstić information content (AvgIpc) is 1.88. The number of aromatic amines is 1. The molecule has 4 N–H and O–H groups in total. The summed E-state index contributed by atoms with van der Waals surface area (Å²) in [6, 6.07) is 0. The predicted octanol–water partition coefficient (Wildman–Crippen LogP) is -0.824. The van der Waals surface area contributed by atoms with Crippen molar-refractivity contribution < 1.29 is 14.9 Å². The number of anilines is 1. The molecule has 1 aromatic heterocycles. The summed E-state index contributed by atoms with van der Waals surface area (Å²) in [7, 11) is 0. The third-order valence-corrected chi connectivity index (χ3v) is 0.965. The molecule has 5 nitrogen and oxygen atoms in total. The molecule has 52 valence electrons. The molecule has 0 saturated carbocycles. The molecule has 1 heterocycles. The minimum Gasteiger partial charge on any atom is -0.477 e. The maximum Gasteiger partial charge on any atom is 0.386 e. The van der Waals surface area contributed by atoms with Gasteiger partial charge in [0.25, 0.3) is 0 Å². The van der Waals surface area contributed by atoms with Crippen LogP contribution in [-0.4, -0.2) is 16.1 Å². The quantitative estimate of drug-likeness (QED) is 0.533. The zero-order valence-electron chi connectivity index (χ0n) is 5.03. The van der Waals surface area contributed by atoms with E-state index in [4.69, 9.17) is 10.8 Å². The van der Waals surface area contributed by atoms with E-state index in [2.05, 4.69) is 9.97 Å². The monoisotopic (exact) mass is 140 g/mol. The Kier molecular flexibility index (Phi) is 1.49. The number of hydrogen-bond donors (Lipinski definition) is 2. The molecule has 0 aliphatic rings. The van der Waals surface area contributed by atoms with Crippen LogP contribution in [0.15, 0.2) is 12.4 Å². The van der Waals surface area contributed by atoms with Crippen LogP contribution in [-0.2, 0) is 0 Å². The number of carbonyl (C=O) groups is 1. The second-order valence-corrected chi connectivity index (χ2v) is 1.69. The molecule has 0 spiro atoms. The zero-order chi connectivity index (χ0) is 7.56. The van der Waals surface area contributed by atoms with E-state index in [0.717, 1.165) is 0 Å². The lowest BCUT2D eigenvalue weighted by Gasteiger charge is -1.86. The highest BCUT2D eigenvalue weighted by Gasteiger charge is 2.05. The van der Waals surface area contributed by atoms with Gasteiger partial charge in [-0.05, 0) is 0 Å². The number of carboxylic acids is 1. The van der Waals surface area contributed by atoms with Gasteiger partial charge in [0.1, 0.15) is 11.8 Å². The first-order valence-electron chi connectivity index (χ1n) is 2.56. The number of nitrogens with two attached hydrogens (primary N) is 1. The Labute approximate surface area is 56.5 Å². The van der Waals surface area contributed by atoms with Gasteiger partial charge in [-0.2, -0.15) is 0 Å². The fraction of sp³-hybridized carbons (Fsp3) is 0. The molecule has 0 saturated heterocycles. The van der Waals surface area contributed by atoms with Crippen molar-refractivity contribution in [2.24, 2.45) is 0 Å². The summed E-state index contributed by atoms with van der Waals surface area (Å²) in [6.07, 6.45) is 2.47. The van der Waals surface area contributed by atoms with Gasteiger partial charge in [-0.15, -0.1) is 0 Å². The Bertz CT molecular complexity index is 244. The maximum atomic E-state index is 10.2. The molecule has 10 heavy (non-hydrogen) atoms. The summed E-state index contributed by atoms with van der Waals surface area (Å²) < 4.78 is 0. The van der Waals surface area contributed by atoms with E-state index in [1.807, 2.05) is 0 Å². The Morgan fingerprint density at radius 2 is 2.50 bits per heavy atom. The minimum absolute atomic E-state index is 0.0919. The Hall–Kier alpha value is -1.65. The summed E-state index contributed by atoms with van der Waals surface area (Å²) >= 11 is 0. The SMILES string of the molecule is Nc1ncc(C(=O)O)c[nH+]1. The van der Waals surface area contributed by atoms with Gasteiger partial charge in [0.05, 0.1) is 6.20 Å². The Balaban J connectivity index is 3.00. The fourth-order valence-electron chi connectivity index (χ4n) is 0.482. The molecule has 0 fully saturated rings. The van der Waals surface area contributed by atoms with Gasteiger partial charge in [0.2, 0.25) is 0 Å². The number of nitrogens with one attached hydrogen (secondary N) is 1. The largest absolute Gasteiger partial charge is 0.477 e. The zero-order valence-corrected chi connectivity index (χ0v) is 5.03. The summed E-state index contributed by atoms with van der Waals surface area (Å²) in [5.74, 6) is -0.825. The number of H-pyrrole nitrogens is 1. The van der Waals surface area contributed by atoms with Gasteiger partial charge < -0.3 is 5.11 Å². The molecular formula is C5H6N3O2+. The molecule has 0 aliphatic carbocycles. The van der Waals surface area contributed by atoms with Crippen LogP contribution < -0.4 is 10.7 Å². The van der Waals surface area contributed by atoms with E-state index < -0.39 is 5.97 Å². The molecular weight excluding hydrogens is 134 g/mol. The normalized spacial score (nSPS) is 9.20. The molecule has 1 aromatic rings. The first-order chi connectivity index (χ1) is 4.70. The van der Waals surface area contributed by atoms with Crippen LogP contribution in [0.3, 0.4) is 0 Å². The molecule has 1 rings (SSSR count). The van der Waals surface area contributed by atoms with Gasteiger partial charge in [-0.3, -0.25) is 5.73 Å². The van der Waals surface area contributed by atoms with Crippen LogP contribution >= 0.6 is 0 Å². The van der Waals surface area contributed by atoms with Gasteiger partial charge in [0.15, 0.2) is 0 Å². The summed E-state index contributed by atoms with van der Waals surface area (Å²) in [5.41, 5.74) is 5.26. The summed E-state index contributed by atoms with van der Waals surface area (Å²) in [5, 5.41) is 8.37. The molecule has 0 aliphatic heterocycles. The number of nitrogens with zero attached hydrogens (tertiary/aromatic N) is 1. The molecule has 5 heteroatoms. The van der Waals surface area contributed by atoms with Crippen molar-refractivity contribution >= 4 is 11.9 Å². The topological polar surface area (TPSA) is 90.3 Å². The third-order valence-electron chi connectivity index (χ3n) is 0.965. The molecule has 0 amide bonds. The summed E-state index contributed by atoms with van der Waals surface area (Å²) in [6.45, 7) is 0. The number of rotatable bonds is 1. The van der Waals surface area contributed by atoms with Crippen LogP contribution in [0.4, 0.5) is 5.95 Å². The van der Waals surface area contributed by atoms with Crippen LogP contribution in [0.2, 0.25) is 0 Å². The first kappa shape index (κ1) is 6.47. The van der Waals surface area contributed by atoms with E-state index in [-0.39, 0.29) is 11.5 Å². The van der Waals surface area contributed by atoms with Crippen molar-refractivity contribution in [1.82, 2.24) is 4.98 Å². The fourth-order valence-corrected chi connectivity index (χ4v) is 0.482. The van der Waals surface area contributed by atoms with Crippen molar-refractivity contribution in [3.8, 4) is 0 Å². The molecule has 0 aromatic carbocycles. The van der Waals surface area contributed by atoms with Gasteiger partial charge in [-0.1, -0.05) is 4.98 Å². The van der Waals surface area contributed by atoms with Crippen LogP contribution in [0.25, 0.3) is 0 Å². The third kappa shape index (κ3) is 1.19. The number of nitrogen functional groups attached to an aromatic ring is 1. The van der Waals surface area contributed by atoms with Crippen LogP contribution in [0.1, 0.15) is 10.4 Å². The predicted molar refractivity (Wildman–Crippen MR) is 32.2 cm³/mol. The first-order valence-corrected chi connectivity index (χ1v) is 2.56. The number of hydrogen-bond acceptors (Lipinski definition) is 3. The Morgan fingerprint density at radius 1 is 1.80 bits per heavy atom. The van der Waals surface area contributed by atoms with Crippen molar-refractivity contribution in [3.05, 3.63) is 18.0 Å². The Morgan fingerprint density at radius 3 is 2.90 bits per heavy atom. The van der Waals surface area contributed by atoms with Gasteiger partial charge >= 0.3 is 11.9 Å². The molecule has 0 bridgehead atoms. The lowest BCUT2D eigenvalue weighted by molar-refractivity contribution is -0.364. The second-order valence-electron chi connectivity index (χ2n) is 1.69. The number of aromatic nitrogens is 2. The van der Waals surface area contributed by atoms with Crippen LogP contribution in [0, 0.1) is 0 Å². The average molecular weight is 140 g/mol. The van der Waals surface area contributed by atoms with E-state index >= 15 is 0 Å². The second kappa shape index (κ2) is 2.30. The van der Waals surface area contributed by atoms with E-state index in [0.29, 0.717) is 0 Å². The summed E-state index contributed by atoms with van der Waals surface area (Å²) in [4.78, 5) is 16.2.